The van der Waals surface area contributed by atoms with Crippen LogP contribution < -0.4 is 15.4 Å². The summed E-state index contributed by atoms with van der Waals surface area (Å²) in [5, 5.41) is 5.74. The highest BCUT2D eigenvalue weighted by Gasteiger charge is 2.15. The Labute approximate surface area is 170 Å². The van der Waals surface area contributed by atoms with Crippen LogP contribution in [0.15, 0.2) is 78.9 Å². The number of benzene rings is 3. The zero-order chi connectivity index (χ0) is 20.9. The molecule has 5 heteroatoms. The summed E-state index contributed by atoms with van der Waals surface area (Å²) in [4.78, 5) is 24.6. The van der Waals surface area contributed by atoms with E-state index in [1.807, 2.05) is 51.1 Å². The van der Waals surface area contributed by atoms with Crippen molar-refractivity contribution in [1.82, 2.24) is 5.32 Å². The van der Waals surface area contributed by atoms with Crippen LogP contribution in [0, 0.1) is 0 Å². The van der Waals surface area contributed by atoms with E-state index in [0.717, 1.165) is 5.75 Å². The van der Waals surface area contributed by atoms with Gasteiger partial charge in [0.2, 0.25) is 0 Å². The molecule has 0 spiro atoms. The van der Waals surface area contributed by atoms with Crippen LogP contribution in [0.4, 0.5) is 5.69 Å². The summed E-state index contributed by atoms with van der Waals surface area (Å²) in [5.41, 5.74) is 1.33. The predicted octanol–water partition coefficient (Wildman–Crippen LogP) is 5.26. The Morgan fingerprint density at radius 2 is 1.21 bits per heavy atom. The van der Waals surface area contributed by atoms with E-state index >= 15 is 0 Å². The number of carbonyl (C=O) groups is 2. The van der Waals surface area contributed by atoms with Gasteiger partial charge < -0.3 is 15.4 Å². The van der Waals surface area contributed by atoms with Gasteiger partial charge in [0.15, 0.2) is 0 Å². The molecule has 0 aliphatic heterocycles. The maximum absolute atomic E-state index is 12.5. The molecular formula is C24H24N2O3. The number of hydrogen-bond acceptors (Lipinski definition) is 3. The zero-order valence-corrected chi connectivity index (χ0v) is 16.7. The van der Waals surface area contributed by atoms with Gasteiger partial charge in [0.1, 0.15) is 11.5 Å². The van der Waals surface area contributed by atoms with Crippen molar-refractivity contribution in [3.05, 3.63) is 90.0 Å². The second-order valence-electron chi connectivity index (χ2n) is 7.68. The van der Waals surface area contributed by atoms with Crippen LogP contribution in [0.2, 0.25) is 0 Å². The second kappa shape index (κ2) is 8.61. The van der Waals surface area contributed by atoms with Gasteiger partial charge in [-0.15, -0.1) is 0 Å². The minimum atomic E-state index is -0.316. The molecule has 0 aliphatic rings. The van der Waals surface area contributed by atoms with Crippen molar-refractivity contribution in [2.24, 2.45) is 0 Å². The lowest BCUT2D eigenvalue weighted by Crippen LogP contribution is -2.40. The molecule has 0 aliphatic carbocycles. The van der Waals surface area contributed by atoms with Gasteiger partial charge in [0.05, 0.1) is 0 Å². The number of ether oxygens (including phenoxy) is 1. The highest BCUT2D eigenvalue weighted by Crippen LogP contribution is 2.23. The minimum Gasteiger partial charge on any atom is -0.457 e. The van der Waals surface area contributed by atoms with E-state index in [2.05, 4.69) is 10.6 Å². The van der Waals surface area contributed by atoms with Crippen LogP contribution in [0.1, 0.15) is 41.5 Å². The number of anilines is 1. The molecule has 3 aromatic carbocycles. The summed E-state index contributed by atoms with van der Waals surface area (Å²) in [6.07, 6.45) is 0. The zero-order valence-electron chi connectivity index (χ0n) is 16.7. The van der Waals surface area contributed by atoms with Crippen molar-refractivity contribution in [2.75, 3.05) is 5.32 Å². The van der Waals surface area contributed by atoms with Gasteiger partial charge in [-0.1, -0.05) is 18.2 Å². The highest BCUT2D eigenvalue weighted by molar-refractivity contribution is 6.05. The molecular weight excluding hydrogens is 364 g/mol. The number of amides is 2. The average Bonchev–Trinajstić information content (AvgIpc) is 2.69. The summed E-state index contributed by atoms with van der Waals surface area (Å²) in [6.45, 7) is 5.76. The second-order valence-corrected chi connectivity index (χ2v) is 7.68. The SMILES string of the molecule is CC(C)(C)NC(=O)c1ccc(C(=O)Nc2ccc(Oc3ccccc3)cc2)cc1. The lowest BCUT2D eigenvalue weighted by Gasteiger charge is -2.20. The number of para-hydroxylation sites is 1. The Morgan fingerprint density at radius 1 is 0.690 bits per heavy atom. The standard InChI is InChI=1S/C24H24N2O3/c1-24(2,3)26-23(28)18-11-9-17(10-12-18)22(27)25-19-13-15-21(16-14-19)29-20-7-5-4-6-8-20/h4-16H,1-3H3,(H,25,27)(H,26,28). The van der Waals surface area contributed by atoms with E-state index < -0.39 is 0 Å². The quantitative estimate of drug-likeness (QED) is 0.626. The van der Waals surface area contributed by atoms with E-state index in [1.165, 1.54) is 0 Å². The summed E-state index contributed by atoms with van der Waals surface area (Å²) in [6, 6.07) is 23.2. The van der Waals surface area contributed by atoms with Crippen LogP contribution in [0.25, 0.3) is 0 Å². The van der Waals surface area contributed by atoms with Crippen LogP contribution in [-0.2, 0) is 0 Å². The van der Waals surface area contributed by atoms with Crippen molar-refractivity contribution in [1.29, 1.82) is 0 Å². The van der Waals surface area contributed by atoms with Crippen molar-refractivity contribution >= 4 is 17.5 Å². The predicted molar refractivity (Wildman–Crippen MR) is 115 cm³/mol. The smallest absolute Gasteiger partial charge is 0.255 e. The summed E-state index contributed by atoms with van der Waals surface area (Å²) in [5.74, 6) is 1.02. The topological polar surface area (TPSA) is 67.4 Å². The Hall–Kier alpha value is -3.60. The number of carbonyl (C=O) groups excluding carboxylic acids is 2. The number of nitrogens with one attached hydrogen (secondary N) is 2. The number of hydrogen-bond donors (Lipinski definition) is 2. The number of rotatable bonds is 5. The third-order valence-corrected chi connectivity index (χ3v) is 3.99. The van der Waals surface area contributed by atoms with E-state index in [4.69, 9.17) is 4.74 Å². The summed E-state index contributed by atoms with van der Waals surface area (Å²) >= 11 is 0. The highest BCUT2D eigenvalue weighted by atomic mass is 16.5. The Bertz CT molecular complexity index is 973. The molecule has 0 atom stereocenters. The molecule has 0 radical (unpaired) electrons. The average molecular weight is 388 g/mol. The van der Waals surface area contributed by atoms with Gasteiger partial charge >= 0.3 is 0 Å². The van der Waals surface area contributed by atoms with Gasteiger partial charge in [-0.05, 0) is 81.4 Å². The summed E-state index contributed by atoms with van der Waals surface area (Å²) < 4.78 is 5.74. The van der Waals surface area contributed by atoms with Gasteiger partial charge in [0.25, 0.3) is 11.8 Å². The first-order valence-corrected chi connectivity index (χ1v) is 9.37. The first-order valence-electron chi connectivity index (χ1n) is 9.37. The van der Waals surface area contributed by atoms with Gasteiger partial charge in [-0.2, -0.15) is 0 Å². The first kappa shape index (κ1) is 20.1. The molecule has 0 heterocycles. The van der Waals surface area contributed by atoms with Crippen LogP contribution in [0.3, 0.4) is 0 Å². The molecule has 0 saturated heterocycles. The van der Waals surface area contributed by atoms with Crippen molar-refractivity contribution in [3.8, 4) is 11.5 Å². The largest absolute Gasteiger partial charge is 0.457 e. The molecule has 0 saturated carbocycles. The van der Waals surface area contributed by atoms with Crippen molar-refractivity contribution in [3.63, 3.8) is 0 Å². The minimum absolute atomic E-state index is 0.168. The van der Waals surface area contributed by atoms with Gasteiger partial charge in [-0.3, -0.25) is 9.59 Å². The molecule has 5 nitrogen and oxygen atoms in total. The Kier molecular flexibility index (Phi) is 5.98. The Morgan fingerprint density at radius 3 is 1.76 bits per heavy atom. The fraction of sp³-hybridized carbons (Fsp3) is 0.167. The molecule has 29 heavy (non-hydrogen) atoms. The molecule has 0 aromatic heterocycles. The van der Waals surface area contributed by atoms with Crippen molar-refractivity contribution in [2.45, 2.75) is 26.3 Å². The molecule has 2 amide bonds. The van der Waals surface area contributed by atoms with Crippen LogP contribution >= 0.6 is 0 Å². The van der Waals surface area contributed by atoms with Crippen LogP contribution in [-0.4, -0.2) is 17.4 Å². The lowest BCUT2D eigenvalue weighted by molar-refractivity contribution is 0.0918. The molecule has 3 rings (SSSR count). The summed E-state index contributed by atoms with van der Waals surface area (Å²) in [7, 11) is 0. The molecule has 2 N–H and O–H groups in total. The first-order chi connectivity index (χ1) is 13.8. The lowest BCUT2D eigenvalue weighted by atomic mass is 10.1. The van der Waals surface area contributed by atoms with Gasteiger partial charge in [-0.25, -0.2) is 0 Å². The fourth-order valence-corrected chi connectivity index (χ4v) is 2.62. The fourth-order valence-electron chi connectivity index (χ4n) is 2.62. The van der Waals surface area contributed by atoms with E-state index in [9.17, 15) is 9.59 Å². The molecule has 148 valence electrons. The van der Waals surface area contributed by atoms with Crippen LogP contribution in [0.5, 0.6) is 11.5 Å². The van der Waals surface area contributed by atoms with E-state index in [1.54, 1.807) is 48.5 Å². The normalized spacial score (nSPS) is 10.9. The maximum Gasteiger partial charge on any atom is 0.255 e. The molecule has 0 fully saturated rings. The third kappa shape index (κ3) is 5.94. The Balaban J connectivity index is 1.60. The maximum atomic E-state index is 12.5. The van der Waals surface area contributed by atoms with Gasteiger partial charge in [0, 0.05) is 22.4 Å². The molecule has 3 aromatic rings. The van der Waals surface area contributed by atoms with E-state index in [0.29, 0.717) is 22.6 Å². The van der Waals surface area contributed by atoms with E-state index in [-0.39, 0.29) is 17.4 Å². The molecule has 0 unspecified atom stereocenters. The monoisotopic (exact) mass is 388 g/mol. The third-order valence-electron chi connectivity index (χ3n) is 3.99. The van der Waals surface area contributed by atoms with Crippen molar-refractivity contribution < 1.29 is 14.3 Å². The molecule has 0 bridgehead atoms.